The molecule has 0 bridgehead atoms. The van der Waals surface area contributed by atoms with Gasteiger partial charge in [-0.25, -0.2) is 9.78 Å². The standard InChI is InChI=1S/C21H26N8O/c1-13-10-18(25-19-11-14(2)27-28-19)26-20(22-13)29(3)17-9-5-8-16(12-17)24-21(30)23-15-6-4-7-15/h5,8-12,15H,4,6-7H2,1-3H3,(H2,23,24,30)(H2,22,25,26,27,28). The Labute approximate surface area is 175 Å². The highest BCUT2D eigenvalue weighted by Gasteiger charge is 2.19. The van der Waals surface area contributed by atoms with E-state index >= 15 is 0 Å². The second-order valence-corrected chi connectivity index (χ2v) is 7.58. The molecule has 1 aliphatic carbocycles. The Morgan fingerprint density at radius 1 is 1.13 bits per heavy atom. The molecule has 9 nitrogen and oxygen atoms in total. The van der Waals surface area contributed by atoms with Crippen LogP contribution in [-0.4, -0.2) is 39.3 Å². The number of urea groups is 1. The van der Waals surface area contributed by atoms with Crippen molar-refractivity contribution in [3.05, 3.63) is 47.8 Å². The Kier molecular flexibility index (Phi) is 5.51. The molecule has 2 aromatic heterocycles. The number of aromatic amines is 1. The predicted octanol–water partition coefficient (Wildman–Crippen LogP) is 4.00. The van der Waals surface area contributed by atoms with Gasteiger partial charge in [0.25, 0.3) is 0 Å². The number of carbonyl (C=O) groups is 1. The summed E-state index contributed by atoms with van der Waals surface area (Å²) in [4.78, 5) is 23.2. The normalized spacial score (nSPS) is 13.4. The SMILES string of the molecule is Cc1cc(Nc2cc(C)nc(N(C)c3cccc(NC(=O)NC4CCC4)c3)n2)[nH]n1. The van der Waals surface area contributed by atoms with Gasteiger partial charge in [0.2, 0.25) is 5.95 Å². The average molecular weight is 406 g/mol. The Morgan fingerprint density at radius 3 is 2.67 bits per heavy atom. The van der Waals surface area contributed by atoms with Crippen LogP contribution in [0, 0.1) is 13.8 Å². The maximum Gasteiger partial charge on any atom is 0.319 e. The van der Waals surface area contributed by atoms with Gasteiger partial charge in [-0.15, -0.1) is 0 Å². The zero-order valence-corrected chi connectivity index (χ0v) is 17.4. The minimum atomic E-state index is -0.173. The molecule has 2 heterocycles. The molecule has 1 aromatic carbocycles. The molecule has 3 aromatic rings. The molecule has 0 spiro atoms. The van der Waals surface area contributed by atoms with Crippen molar-refractivity contribution in [2.45, 2.75) is 39.2 Å². The summed E-state index contributed by atoms with van der Waals surface area (Å²) < 4.78 is 0. The van der Waals surface area contributed by atoms with Crippen molar-refractivity contribution < 1.29 is 4.79 Å². The largest absolute Gasteiger partial charge is 0.335 e. The number of aryl methyl sites for hydroxylation is 2. The van der Waals surface area contributed by atoms with Gasteiger partial charge in [-0.2, -0.15) is 10.1 Å². The minimum Gasteiger partial charge on any atom is -0.335 e. The van der Waals surface area contributed by atoms with Crippen molar-refractivity contribution in [3.63, 3.8) is 0 Å². The topological polar surface area (TPSA) is 111 Å². The van der Waals surface area contributed by atoms with E-state index in [0.717, 1.165) is 41.4 Å². The first-order chi connectivity index (χ1) is 14.5. The van der Waals surface area contributed by atoms with E-state index in [0.29, 0.717) is 17.8 Å². The minimum absolute atomic E-state index is 0.173. The number of rotatable bonds is 6. The lowest BCUT2D eigenvalue weighted by Gasteiger charge is -2.26. The van der Waals surface area contributed by atoms with Gasteiger partial charge in [-0.05, 0) is 51.3 Å². The lowest BCUT2D eigenvalue weighted by molar-refractivity contribution is 0.240. The Morgan fingerprint density at radius 2 is 1.97 bits per heavy atom. The number of nitrogens with one attached hydrogen (secondary N) is 4. The fourth-order valence-electron chi connectivity index (χ4n) is 3.20. The van der Waals surface area contributed by atoms with E-state index < -0.39 is 0 Å². The van der Waals surface area contributed by atoms with Crippen LogP contribution in [0.15, 0.2) is 36.4 Å². The fraction of sp³-hybridized carbons (Fsp3) is 0.333. The molecule has 2 amide bonds. The van der Waals surface area contributed by atoms with Gasteiger partial charge in [0.15, 0.2) is 0 Å². The number of benzene rings is 1. The highest BCUT2D eigenvalue weighted by atomic mass is 16.2. The second kappa shape index (κ2) is 8.40. The van der Waals surface area contributed by atoms with Gasteiger partial charge in [-0.3, -0.25) is 5.10 Å². The van der Waals surface area contributed by atoms with E-state index in [4.69, 9.17) is 0 Å². The molecular formula is C21H26N8O. The molecule has 0 saturated heterocycles. The summed E-state index contributed by atoms with van der Waals surface area (Å²) in [6.07, 6.45) is 3.28. The van der Waals surface area contributed by atoms with Crippen LogP contribution in [0.1, 0.15) is 30.7 Å². The third kappa shape index (κ3) is 4.68. The van der Waals surface area contributed by atoms with Gasteiger partial charge < -0.3 is 20.9 Å². The van der Waals surface area contributed by atoms with Crippen LogP contribution in [-0.2, 0) is 0 Å². The summed E-state index contributed by atoms with van der Waals surface area (Å²) in [5.41, 5.74) is 3.31. The van der Waals surface area contributed by atoms with Crippen LogP contribution in [0.25, 0.3) is 0 Å². The van der Waals surface area contributed by atoms with Gasteiger partial charge >= 0.3 is 6.03 Å². The van der Waals surface area contributed by atoms with E-state index in [1.54, 1.807) is 0 Å². The monoisotopic (exact) mass is 406 g/mol. The molecule has 0 radical (unpaired) electrons. The maximum absolute atomic E-state index is 12.2. The van der Waals surface area contributed by atoms with Crippen molar-refractivity contribution in [3.8, 4) is 0 Å². The number of amides is 2. The lowest BCUT2D eigenvalue weighted by atomic mass is 9.93. The van der Waals surface area contributed by atoms with Crippen LogP contribution < -0.4 is 20.9 Å². The van der Waals surface area contributed by atoms with Gasteiger partial charge in [0, 0.05) is 42.3 Å². The number of nitrogens with zero attached hydrogens (tertiary/aromatic N) is 4. The number of aromatic nitrogens is 4. The van der Waals surface area contributed by atoms with Crippen molar-refractivity contribution in [1.29, 1.82) is 0 Å². The molecule has 0 aliphatic heterocycles. The van der Waals surface area contributed by atoms with Gasteiger partial charge in [0.1, 0.15) is 11.6 Å². The maximum atomic E-state index is 12.2. The summed E-state index contributed by atoms with van der Waals surface area (Å²) in [6.45, 7) is 3.84. The van der Waals surface area contributed by atoms with Crippen molar-refractivity contribution in [2.75, 3.05) is 22.6 Å². The zero-order valence-electron chi connectivity index (χ0n) is 17.4. The highest BCUT2D eigenvalue weighted by molar-refractivity contribution is 5.90. The van der Waals surface area contributed by atoms with Crippen LogP contribution in [0.3, 0.4) is 0 Å². The van der Waals surface area contributed by atoms with Crippen LogP contribution in [0.5, 0.6) is 0 Å². The van der Waals surface area contributed by atoms with E-state index in [-0.39, 0.29) is 6.03 Å². The molecule has 4 N–H and O–H groups in total. The van der Waals surface area contributed by atoms with E-state index in [1.807, 2.05) is 62.2 Å². The number of anilines is 5. The fourth-order valence-corrected chi connectivity index (χ4v) is 3.20. The van der Waals surface area contributed by atoms with Crippen LogP contribution in [0.4, 0.5) is 33.8 Å². The lowest BCUT2D eigenvalue weighted by Crippen LogP contribution is -2.41. The number of H-pyrrole nitrogens is 1. The first-order valence-corrected chi connectivity index (χ1v) is 10.0. The summed E-state index contributed by atoms with van der Waals surface area (Å²) in [5.74, 6) is 1.98. The van der Waals surface area contributed by atoms with Crippen LogP contribution in [0.2, 0.25) is 0 Å². The first-order valence-electron chi connectivity index (χ1n) is 10.0. The molecule has 1 aliphatic rings. The molecule has 1 fully saturated rings. The third-order valence-corrected chi connectivity index (χ3v) is 5.04. The molecule has 30 heavy (non-hydrogen) atoms. The number of carbonyl (C=O) groups excluding carboxylic acids is 1. The molecule has 156 valence electrons. The first kappa shape index (κ1) is 19.7. The summed E-state index contributed by atoms with van der Waals surface area (Å²) in [7, 11) is 1.90. The molecule has 1 saturated carbocycles. The van der Waals surface area contributed by atoms with E-state index in [2.05, 4.69) is 36.1 Å². The van der Waals surface area contributed by atoms with Gasteiger partial charge in [0.05, 0.1) is 5.69 Å². The second-order valence-electron chi connectivity index (χ2n) is 7.58. The van der Waals surface area contributed by atoms with Crippen molar-refractivity contribution in [2.24, 2.45) is 0 Å². The Balaban J connectivity index is 1.49. The summed E-state index contributed by atoms with van der Waals surface area (Å²) >= 11 is 0. The molecule has 0 unspecified atom stereocenters. The molecule has 0 atom stereocenters. The zero-order chi connectivity index (χ0) is 21.1. The quantitative estimate of drug-likeness (QED) is 0.492. The predicted molar refractivity (Wildman–Crippen MR) is 118 cm³/mol. The Hall–Kier alpha value is -3.62. The van der Waals surface area contributed by atoms with Crippen LogP contribution >= 0.6 is 0 Å². The molecular weight excluding hydrogens is 380 g/mol. The van der Waals surface area contributed by atoms with Crippen molar-refractivity contribution in [1.82, 2.24) is 25.5 Å². The summed E-state index contributed by atoms with van der Waals surface area (Å²) in [5, 5.41) is 16.1. The average Bonchev–Trinajstić information content (AvgIpc) is 3.08. The Bertz CT molecular complexity index is 1040. The van der Waals surface area contributed by atoms with E-state index in [1.165, 1.54) is 6.42 Å². The van der Waals surface area contributed by atoms with Crippen molar-refractivity contribution >= 4 is 35.0 Å². The highest BCUT2D eigenvalue weighted by Crippen LogP contribution is 2.26. The number of hydrogen-bond acceptors (Lipinski definition) is 6. The number of hydrogen-bond donors (Lipinski definition) is 4. The van der Waals surface area contributed by atoms with Gasteiger partial charge in [-0.1, -0.05) is 6.07 Å². The summed E-state index contributed by atoms with van der Waals surface area (Å²) in [6, 6.07) is 11.5. The smallest absolute Gasteiger partial charge is 0.319 e. The third-order valence-electron chi connectivity index (χ3n) is 5.04. The molecule has 4 rings (SSSR count). The van der Waals surface area contributed by atoms with E-state index in [9.17, 15) is 4.79 Å². The molecule has 9 heteroatoms.